The van der Waals surface area contributed by atoms with E-state index in [9.17, 15) is 8.42 Å². The Morgan fingerprint density at radius 3 is 2.60 bits per heavy atom. The van der Waals surface area contributed by atoms with Crippen LogP contribution in [-0.4, -0.2) is 23.0 Å². The first-order valence-corrected chi connectivity index (χ1v) is 9.90. The van der Waals surface area contributed by atoms with E-state index in [0.717, 1.165) is 4.88 Å². The fraction of sp³-hybridized carbons (Fsp3) is 0. The van der Waals surface area contributed by atoms with Crippen LogP contribution in [0.3, 0.4) is 0 Å². The molecule has 0 bridgehead atoms. The molecular formula is C16H11ClN4O2S2. The summed E-state index contributed by atoms with van der Waals surface area (Å²) in [5.74, 6) is 0.0164. The van der Waals surface area contributed by atoms with Crippen LogP contribution in [0.25, 0.3) is 16.2 Å². The van der Waals surface area contributed by atoms with Crippen molar-refractivity contribution in [2.45, 2.75) is 9.79 Å². The van der Waals surface area contributed by atoms with Gasteiger partial charge < -0.3 is 5.73 Å². The fourth-order valence-corrected chi connectivity index (χ4v) is 4.54. The molecule has 0 fully saturated rings. The highest BCUT2D eigenvalue weighted by molar-refractivity contribution is 7.91. The monoisotopic (exact) mass is 390 g/mol. The number of aromatic nitrogens is 3. The molecule has 25 heavy (non-hydrogen) atoms. The number of nitrogens with two attached hydrogens (primary N) is 1. The summed E-state index contributed by atoms with van der Waals surface area (Å²) in [6.07, 6.45) is 1.26. The molecule has 0 aliphatic carbocycles. The van der Waals surface area contributed by atoms with Gasteiger partial charge in [0, 0.05) is 11.1 Å². The third-order valence-corrected chi connectivity index (χ3v) is 6.60. The van der Waals surface area contributed by atoms with Gasteiger partial charge in [0.15, 0.2) is 5.65 Å². The zero-order valence-corrected chi connectivity index (χ0v) is 15.0. The lowest BCUT2D eigenvalue weighted by molar-refractivity contribution is 0.595. The number of hydrogen-bond donors (Lipinski definition) is 1. The molecule has 0 unspecified atom stereocenters. The molecule has 9 heteroatoms. The van der Waals surface area contributed by atoms with Crippen molar-refractivity contribution in [2.75, 3.05) is 5.73 Å². The zero-order chi connectivity index (χ0) is 17.6. The van der Waals surface area contributed by atoms with Crippen molar-refractivity contribution in [2.24, 2.45) is 0 Å². The smallest absolute Gasteiger partial charge is 0.211 e. The van der Waals surface area contributed by atoms with Crippen molar-refractivity contribution in [1.29, 1.82) is 0 Å². The van der Waals surface area contributed by atoms with Crippen LogP contribution in [-0.2, 0) is 9.84 Å². The highest BCUT2D eigenvalue weighted by Gasteiger charge is 2.23. The number of benzene rings is 1. The van der Waals surface area contributed by atoms with Crippen molar-refractivity contribution in [3.63, 3.8) is 0 Å². The molecule has 4 aromatic rings. The Balaban J connectivity index is 1.88. The van der Waals surface area contributed by atoms with E-state index in [4.69, 9.17) is 17.3 Å². The van der Waals surface area contributed by atoms with Gasteiger partial charge in [-0.25, -0.2) is 13.4 Å². The Labute approximate surface area is 152 Å². The van der Waals surface area contributed by atoms with Gasteiger partial charge in [-0.3, -0.25) is 0 Å². The van der Waals surface area contributed by atoms with E-state index in [2.05, 4.69) is 10.1 Å². The van der Waals surface area contributed by atoms with E-state index in [1.54, 1.807) is 6.07 Å². The third-order valence-electron chi connectivity index (χ3n) is 3.67. The normalized spacial score (nSPS) is 11.9. The summed E-state index contributed by atoms with van der Waals surface area (Å²) in [4.78, 5) is 5.15. The summed E-state index contributed by atoms with van der Waals surface area (Å²) in [6, 6.07) is 11.5. The lowest BCUT2D eigenvalue weighted by atomic mass is 10.3. The largest absolute Gasteiger partial charge is 0.382 e. The van der Waals surface area contributed by atoms with Crippen LogP contribution in [0, 0.1) is 0 Å². The lowest BCUT2D eigenvalue weighted by Crippen LogP contribution is -2.11. The SMILES string of the molecule is Nc1c(S(=O)(=O)c2ccc(Cl)cc2)cnc2cc(-c3cccs3)nn12. The van der Waals surface area contributed by atoms with Crippen molar-refractivity contribution >= 4 is 44.2 Å². The van der Waals surface area contributed by atoms with Crippen molar-refractivity contribution in [3.8, 4) is 10.6 Å². The van der Waals surface area contributed by atoms with Crippen LogP contribution in [0.4, 0.5) is 5.82 Å². The van der Waals surface area contributed by atoms with Gasteiger partial charge in [0.2, 0.25) is 9.84 Å². The van der Waals surface area contributed by atoms with Crippen molar-refractivity contribution < 1.29 is 8.42 Å². The van der Waals surface area contributed by atoms with Gasteiger partial charge in [-0.15, -0.1) is 11.3 Å². The molecule has 0 saturated heterocycles. The lowest BCUT2D eigenvalue weighted by Gasteiger charge is -2.08. The molecule has 6 nitrogen and oxygen atoms in total. The average Bonchev–Trinajstić information content (AvgIpc) is 3.25. The second-order valence-electron chi connectivity index (χ2n) is 5.24. The summed E-state index contributed by atoms with van der Waals surface area (Å²) in [7, 11) is -3.83. The molecule has 0 aliphatic rings. The summed E-state index contributed by atoms with van der Waals surface area (Å²) in [5, 5.41) is 6.78. The number of nitrogens with zero attached hydrogens (tertiary/aromatic N) is 3. The highest BCUT2D eigenvalue weighted by atomic mass is 35.5. The van der Waals surface area contributed by atoms with Crippen LogP contribution in [0.2, 0.25) is 5.02 Å². The number of anilines is 1. The maximum Gasteiger partial charge on any atom is 0.211 e. The van der Waals surface area contributed by atoms with Gasteiger partial charge in [-0.2, -0.15) is 9.61 Å². The molecule has 3 heterocycles. The number of sulfone groups is 1. The Morgan fingerprint density at radius 1 is 1.16 bits per heavy atom. The molecule has 0 radical (unpaired) electrons. The standard InChI is InChI=1S/C16H11ClN4O2S2/c17-10-3-5-11(6-4-10)25(22,23)14-9-19-15-8-12(13-2-1-7-24-13)20-21(15)16(14)18/h1-9H,18H2. The minimum Gasteiger partial charge on any atom is -0.382 e. The number of thiophene rings is 1. The molecule has 0 atom stereocenters. The number of hydrogen-bond acceptors (Lipinski definition) is 6. The molecule has 0 spiro atoms. The predicted molar refractivity (Wildman–Crippen MR) is 97.6 cm³/mol. The topological polar surface area (TPSA) is 90.4 Å². The minimum absolute atomic E-state index is 0.0164. The minimum atomic E-state index is -3.83. The summed E-state index contributed by atoms with van der Waals surface area (Å²) in [6.45, 7) is 0. The van der Waals surface area contributed by atoms with Gasteiger partial charge in [0.05, 0.1) is 16.0 Å². The maximum absolute atomic E-state index is 12.8. The summed E-state index contributed by atoms with van der Waals surface area (Å²) in [5.41, 5.74) is 7.27. The second kappa shape index (κ2) is 5.83. The zero-order valence-electron chi connectivity index (χ0n) is 12.6. The molecule has 0 aliphatic heterocycles. The van der Waals surface area contributed by atoms with Gasteiger partial charge in [-0.1, -0.05) is 17.7 Å². The van der Waals surface area contributed by atoms with E-state index in [1.165, 1.54) is 46.3 Å². The second-order valence-corrected chi connectivity index (χ2v) is 8.54. The molecule has 1 aromatic carbocycles. The molecular weight excluding hydrogens is 380 g/mol. The fourth-order valence-electron chi connectivity index (χ4n) is 2.43. The Kier molecular flexibility index (Phi) is 3.75. The van der Waals surface area contributed by atoms with Crippen LogP contribution in [0.1, 0.15) is 0 Å². The van der Waals surface area contributed by atoms with Gasteiger partial charge in [0.1, 0.15) is 16.4 Å². The molecule has 0 saturated carbocycles. The summed E-state index contributed by atoms with van der Waals surface area (Å²) >= 11 is 7.35. The first-order valence-electron chi connectivity index (χ1n) is 7.15. The van der Waals surface area contributed by atoms with Gasteiger partial charge in [0.25, 0.3) is 0 Å². The molecule has 2 N–H and O–H groups in total. The Bertz CT molecular complexity index is 1170. The van der Waals surface area contributed by atoms with Gasteiger partial charge >= 0.3 is 0 Å². The van der Waals surface area contributed by atoms with E-state index >= 15 is 0 Å². The average molecular weight is 391 g/mol. The van der Waals surface area contributed by atoms with E-state index < -0.39 is 9.84 Å². The third kappa shape index (κ3) is 2.68. The van der Waals surface area contributed by atoms with Crippen molar-refractivity contribution in [3.05, 3.63) is 59.1 Å². The maximum atomic E-state index is 12.8. The van der Waals surface area contributed by atoms with E-state index in [0.29, 0.717) is 16.4 Å². The van der Waals surface area contributed by atoms with Crippen LogP contribution in [0.15, 0.2) is 63.8 Å². The first kappa shape index (κ1) is 16.1. The predicted octanol–water partition coefficient (Wildman–Crippen LogP) is 3.53. The molecule has 3 aromatic heterocycles. The van der Waals surface area contributed by atoms with Crippen molar-refractivity contribution in [1.82, 2.24) is 14.6 Å². The van der Waals surface area contributed by atoms with Gasteiger partial charge in [-0.05, 0) is 35.7 Å². The van der Waals surface area contributed by atoms with E-state index in [-0.39, 0.29) is 15.6 Å². The van der Waals surface area contributed by atoms with Crippen LogP contribution < -0.4 is 5.73 Å². The number of fused-ring (bicyclic) bond motifs is 1. The van der Waals surface area contributed by atoms with Crippen LogP contribution in [0.5, 0.6) is 0 Å². The summed E-state index contributed by atoms with van der Waals surface area (Å²) < 4.78 is 27.0. The molecule has 126 valence electrons. The Morgan fingerprint density at radius 2 is 1.92 bits per heavy atom. The highest BCUT2D eigenvalue weighted by Crippen LogP contribution is 2.29. The number of halogens is 1. The molecule has 0 amide bonds. The quantitative estimate of drug-likeness (QED) is 0.578. The first-order chi connectivity index (χ1) is 12.0. The number of nitrogen functional groups attached to an aromatic ring is 1. The number of rotatable bonds is 3. The van der Waals surface area contributed by atoms with Crippen LogP contribution >= 0.6 is 22.9 Å². The molecule has 4 rings (SSSR count). The Hall–Kier alpha value is -2.42. The van der Waals surface area contributed by atoms with E-state index in [1.807, 2.05) is 17.5 Å².